The van der Waals surface area contributed by atoms with Crippen LogP contribution in [-0.2, 0) is 15.3 Å². The summed E-state index contributed by atoms with van der Waals surface area (Å²) >= 11 is 0. The zero-order valence-electron chi connectivity index (χ0n) is 17.8. The molecule has 1 rings (SSSR count). The van der Waals surface area contributed by atoms with Crippen LogP contribution >= 0.6 is 0 Å². The van der Waals surface area contributed by atoms with Gasteiger partial charge in [-0.15, -0.1) is 6.58 Å². The van der Waals surface area contributed by atoms with Crippen LogP contribution in [0.15, 0.2) is 36.9 Å². The van der Waals surface area contributed by atoms with Gasteiger partial charge in [-0.3, -0.25) is 0 Å². The number of para-hydroxylation sites is 1. The van der Waals surface area contributed by atoms with Crippen LogP contribution in [0, 0.1) is 0 Å². The third kappa shape index (κ3) is 9.06. The molecule has 0 aliphatic rings. The van der Waals surface area contributed by atoms with Crippen LogP contribution < -0.4 is 4.74 Å². The fourth-order valence-corrected chi connectivity index (χ4v) is 4.64. The van der Waals surface area contributed by atoms with Gasteiger partial charge >= 0.3 is 9.28 Å². The average molecular weight is 394 g/mol. The van der Waals surface area contributed by atoms with Crippen LogP contribution in [0.25, 0.3) is 0 Å². The van der Waals surface area contributed by atoms with E-state index in [4.69, 9.17) is 13.6 Å². The Hall–Kier alpha value is -1.14. The first-order valence-electron chi connectivity index (χ1n) is 10.3. The highest BCUT2D eigenvalue weighted by Gasteiger charge is 2.27. The van der Waals surface area contributed by atoms with Gasteiger partial charge in [-0.1, -0.05) is 51.0 Å². The molecule has 0 N–H and O–H groups in total. The Morgan fingerprint density at radius 3 is 2.22 bits per heavy atom. The average Bonchev–Trinajstić information content (AvgIpc) is 2.69. The van der Waals surface area contributed by atoms with Crippen molar-refractivity contribution < 1.29 is 13.6 Å². The zero-order valence-corrected chi connectivity index (χ0v) is 18.9. The molecule has 0 aliphatic carbocycles. The van der Waals surface area contributed by atoms with Crippen molar-refractivity contribution in [1.82, 2.24) is 4.90 Å². The minimum absolute atomic E-state index is 0.0169. The van der Waals surface area contributed by atoms with Gasteiger partial charge in [0.1, 0.15) is 11.5 Å². The quantitative estimate of drug-likeness (QED) is 0.305. The van der Waals surface area contributed by atoms with Gasteiger partial charge < -0.3 is 18.5 Å². The van der Waals surface area contributed by atoms with Crippen molar-refractivity contribution in [3.8, 4) is 5.75 Å². The SMILES string of the molecule is C=CCc1ccccc1OC(CCN(CCCC)CCCC)[SiH](OC)OC. The second-order valence-electron chi connectivity index (χ2n) is 6.93. The lowest BCUT2D eigenvalue weighted by molar-refractivity contribution is 0.155. The summed E-state index contributed by atoms with van der Waals surface area (Å²) in [7, 11) is 1.56. The van der Waals surface area contributed by atoms with E-state index >= 15 is 0 Å². The molecular weight excluding hydrogens is 354 g/mol. The molecule has 0 saturated heterocycles. The number of ether oxygens (including phenoxy) is 1. The van der Waals surface area contributed by atoms with Crippen molar-refractivity contribution in [3.05, 3.63) is 42.5 Å². The molecule has 0 saturated carbocycles. The van der Waals surface area contributed by atoms with Crippen molar-refractivity contribution in [3.63, 3.8) is 0 Å². The molecule has 1 aromatic rings. The number of unbranched alkanes of at least 4 members (excludes halogenated alkanes) is 2. The van der Waals surface area contributed by atoms with Crippen LogP contribution in [0.3, 0.4) is 0 Å². The second kappa shape index (κ2) is 14.9. The standard InChI is InChI=1S/C22H39NO3Si/c1-6-9-17-23(18-10-7-2)19-16-22(27(24-4)25-5)26-21-15-12-11-14-20(21)13-8-3/h8,11-12,14-15,22,27H,3,6-7,9-10,13,16-19H2,1-2,4-5H3. The highest BCUT2D eigenvalue weighted by molar-refractivity contribution is 6.46. The maximum atomic E-state index is 6.44. The molecule has 4 nitrogen and oxygen atoms in total. The molecular formula is C22H39NO3Si. The van der Waals surface area contributed by atoms with E-state index in [-0.39, 0.29) is 5.73 Å². The molecule has 0 amide bonds. The molecule has 0 heterocycles. The van der Waals surface area contributed by atoms with Crippen molar-refractivity contribution in [2.75, 3.05) is 33.9 Å². The molecule has 0 aromatic heterocycles. The van der Waals surface area contributed by atoms with E-state index in [1.807, 2.05) is 24.3 Å². The van der Waals surface area contributed by atoms with Gasteiger partial charge in [-0.25, -0.2) is 0 Å². The minimum atomic E-state index is -1.91. The summed E-state index contributed by atoms with van der Waals surface area (Å²) in [6.45, 7) is 11.7. The highest BCUT2D eigenvalue weighted by Crippen LogP contribution is 2.22. The molecule has 27 heavy (non-hydrogen) atoms. The van der Waals surface area contributed by atoms with Crippen LogP contribution in [0.5, 0.6) is 5.75 Å². The molecule has 0 aliphatic heterocycles. The molecule has 154 valence electrons. The van der Waals surface area contributed by atoms with Crippen molar-refractivity contribution >= 4 is 9.28 Å². The van der Waals surface area contributed by atoms with E-state index < -0.39 is 9.28 Å². The first-order valence-corrected chi connectivity index (χ1v) is 11.9. The number of hydrogen-bond donors (Lipinski definition) is 0. The number of nitrogens with zero attached hydrogens (tertiary/aromatic N) is 1. The Morgan fingerprint density at radius 1 is 1.04 bits per heavy atom. The molecule has 0 spiro atoms. The van der Waals surface area contributed by atoms with Gasteiger partial charge in [-0.2, -0.15) is 0 Å². The van der Waals surface area contributed by atoms with Crippen LogP contribution in [0.1, 0.15) is 51.5 Å². The normalized spacial score (nSPS) is 12.5. The van der Waals surface area contributed by atoms with Gasteiger partial charge in [0.2, 0.25) is 0 Å². The minimum Gasteiger partial charge on any atom is -0.488 e. The number of allylic oxidation sites excluding steroid dienone is 1. The van der Waals surface area contributed by atoms with Crippen LogP contribution in [-0.4, -0.2) is 53.8 Å². The molecule has 5 heteroatoms. The molecule has 0 radical (unpaired) electrons. The van der Waals surface area contributed by atoms with E-state index in [0.717, 1.165) is 43.8 Å². The summed E-state index contributed by atoms with van der Waals surface area (Å²) in [4.78, 5) is 2.57. The monoisotopic (exact) mass is 393 g/mol. The summed E-state index contributed by atoms with van der Waals surface area (Å²) in [6, 6.07) is 8.19. The van der Waals surface area contributed by atoms with Gasteiger partial charge in [0.05, 0.1) is 0 Å². The topological polar surface area (TPSA) is 30.9 Å². The third-order valence-corrected chi connectivity index (χ3v) is 6.77. The largest absolute Gasteiger partial charge is 0.488 e. The van der Waals surface area contributed by atoms with Crippen LogP contribution in [0.2, 0.25) is 0 Å². The predicted octanol–water partition coefficient (Wildman–Crippen LogP) is 4.51. The zero-order chi connectivity index (χ0) is 19.9. The molecule has 0 bridgehead atoms. The Kier molecular flexibility index (Phi) is 13.1. The molecule has 0 fully saturated rings. The molecule has 1 aromatic carbocycles. The van der Waals surface area contributed by atoms with Crippen LogP contribution in [0.4, 0.5) is 0 Å². The lowest BCUT2D eigenvalue weighted by atomic mass is 10.1. The first kappa shape index (κ1) is 23.9. The predicted molar refractivity (Wildman–Crippen MR) is 117 cm³/mol. The Morgan fingerprint density at radius 2 is 1.67 bits per heavy atom. The summed E-state index contributed by atoms with van der Waals surface area (Å²) < 4.78 is 17.8. The van der Waals surface area contributed by atoms with E-state index in [1.54, 1.807) is 14.2 Å². The third-order valence-electron chi connectivity index (χ3n) is 4.77. The van der Waals surface area contributed by atoms with Gasteiger partial charge in [0.15, 0.2) is 0 Å². The summed E-state index contributed by atoms with van der Waals surface area (Å²) in [5.41, 5.74) is 1.14. The first-order chi connectivity index (χ1) is 13.2. The Labute approximate surface area is 168 Å². The fraction of sp³-hybridized carbons (Fsp3) is 0.636. The summed E-state index contributed by atoms with van der Waals surface area (Å²) in [6.07, 6.45) is 8.58. The number of rotatable bonds is 16. The summed E-state index contributed by atoms with van der Waals surface area (Å²) in [5, 5.41) is 0. The number of benzene rings is 1. The Balaban J connectivity index is 2.82. The number of hydrogen-bond acceptors (Lipinski definition) is 4. The van der Waals surface area contributed by atoms with Crippen molar-refractivity contribution in [1.29, 1.82) is 0 Å². The van der Waals surface area contributed by atoms with Crippen molar-refractivity contribution in [2.24, 2.45) is 0 Å². The van der Waals surface area contributed by atoms with E-state index in [1.165, 1.54) is 25.7 Å². The maximum Gasteiger partial charge on any atom is 0.363 e. The van der Waals surface area contributed by atoms with E-state index in [2.05, 4.69) is 31.4 Å². The Bertz CT molecular complexity index is 500. The van der Waals surface area contributed by atoms with Gasteiger partial charge in [0.25, 0.3) is 0 Å². The molecule has 1 unspecified atom stereocenters. The smallest absolute Gasteiger partial charge is 0.363 e. The lowest BCUT2D eigenvalue weighted by Crippen LogP contribution is -2.42. The maximum absolute atomic E-state index is 6.44. The highest BCUT2D eigenvalue weighted by atomic mass is 28.3. The fourth-order valence-electron chi connectivity index (χ4n) is 3.17. The molecule has 1 atom stereocenters. The lowest BCUT2D eigenvalue weighted by Gasteiger charge is -2.28. The van der Waals surface area contributed by atoms with Gasteiger partial charge in [0, 0.05) is 20.8 Å². The van der Waals surface area contributed by atoms with E-state index in [0.29, 0.717) is 0 Å². The van der Waals surface area contributed by atoms with Crippen molar-refractivity contribution in [2.45, 2.75) is 58.1 Å². The van der Waals surface area contributed by atoms with Gasteiger partial charge in [-0.05, 0) is 50.4 Å². The second-order valence-corrected chi connectivity index (χ2v) is 9.36. The van der Waals surface area contributed by atoms with E-state index in [9.17, 15) is 0 Å². The summed E-state index contributed by atoms with van der Waals surface area (Å²) in [5.74, 6) is 0.919.